The Bertz CT molecular complexity index is 426. The fraction of sp³-hybridized carbons (Fsp3) is 0.400. The molecule has 1 aromatic rings. The number of rotatable bonds is 6. The van der Waals surface area contributed by atoms with Crippen molar-refractivity contribution in [2.24, 2.45) is 5.92 Å². The summed E-state index contributed by atoms with van der Waals surface area (Å²) in [7, 11) is 1.61. The number of aliphatic hydroxyl groups excluding tert-OH is 1. The van der Waals surface area contributed by atoms with E-state index in [0.29, 0.717) is 0 Å². The lowest BCUT2D eigenvalue weighted by Gasteiger charge is -2.18. The molecular weight excluding hydrogens is 242 g/mol. The zero-order chi connectivity index (χ0) is 14.3. The number of nitrogens with one attached hydrogen (secondary N) is 1. The molecule has 2 unspecified atom stereocenters. The highest BCUT2D eigenvalue weighted by Gasteiger charge is 2.11. The fourth-order valence-corrected chi connectivity index (χ4v) is 1.46. The highest BCUT2D eigenvalue weighted by Crippen LogP contribution is 2.12. The van der Waals surface area contributed by atoms with Crippen molar-refractivity contribution in [2.75, 3.05) is 13.7 Å². The van der Waals surface area contributed by atoms with Crippen LogP contribution in [0.15, 0.2) is 30.3 Å². The number of amides is 1. The van der Waals surface area contributed by atoms with E-state index in [-0.39, 0.29) is 24.5 Å². The molecule has 0 spiro atoms. The van der Waals surface area contributed by atoms with Crippen molar-refractivity contribution in [3.63, 3.8) is 0 Å². The molecule has 0 aliphatic rings. The standard InChI is InChI=1S/C15H21NO3/c1-11(10-17)12(2)16-15(18)9-6-13-4-7-14(19-3)8-5-13/h4-9,11-12,17H,10H2,1-3H3,(H,16,18)/b9-6+. The van der Waals surface area contributed by atoms with E-state index in [2.05, 4.69) is 5.32 Å². The molecule has 1 aromatic carbocycles. The molecule has 0 aliphatic carbocycles. The van der Waals surface area contributed by atoms with Gasteiger partial charge in [0.25, 0.3) is 0 Å². The van der Waals surface area contributed by atoms with Gasteiger partial charge in [0, 0.05) is 18.7 Å². The highest BCUT2D eigenvalue weighted by molar-refractivity contribution is 5.91. The number of carbonyl (C=O) groups excluding carboxylic acids is 1. The highest BCUT2D eigenvalue weighted by atomic mass is 16.5. The summed E-state index contributed by atoms with van der Waals surface area (Å²) in [4.78, 5) is 11.7. The Morgan fingerprint density at radius 2 is 2.00 bits per heavy atom. The van der Waals surface area contributed by atoms with Crippen LogP contribution in [0.2, 0.25) is 0 Å². The van der Waals surface area contributed by atoms with Crippen molar-refractivity contribution in [1.29, 1.82) is 0 Å². The molecule has 4 heteroatoms. The maximum Gasteiger partial charge on any atom is 0.244 e. The summed E-state index contributed by atoms with van der Waals surface area (Å²) in [6.45, 7) is 3.82. The number of carbonyl (C=O) groups is 1. The molecule has 1 amide bonds. The van der Waals surface area contributed by atoms with Crippen LogP contribution in [-0.2, 0) is 4.79 Å². The lowest BCUT2D eigenvalue weighted by Crippen LogP contribution is -2.37. The smallest absolute Gasteiger partial charge is 0.244 e. The molecular formula is C15H21NO3. The normalized spacial score (nSPS) is 14.1. The van der Waals surface area contributed by atoms with Crippen molar-refractivity contribution in [3.8, 4) is 5.75 Å². The predicted octanol–water partition coefficient (Wildman–Crippen LogP) is 1.84. The largest absolute Gasteiger partial charge is 0.497 e. The Labute approximate surface area is 114 Å². The summed E-state index contributed by atoms with van der Waals surface area (Å²) in [6.07, 6.45) is 3.23. The first-order valence-corrected chi connectivity index (χ1v) is 6.30. The molecule has 0 saturated heterocycles. The molecule has 19 heavy (non-hydrogen) atoms. The summed E-state index contributed by atoms with van der Waals surface area (Å²) < 4.78 is 5.06. The average molecular weight is 263 g/mol. The third-order valence-corrected chi connectivity index (χ3v) is 3.05. The maximum atomic E-state index is 11.7. The van der Waals surface area contributed by atoms with Crippen LogP contribution in [-0.4, -0.2) is 30.8 Å². The molecule has 0 saturated carbocycles. The van der Waals surface area contributed by atoms with Gasteiger partial charge in [-0.05, 0) is 36.6 Å². The zero-order valence-corrected chi connectivity index (χ0v) is 11.6. The van der Waals surface area contributed by atoms with Crippen molar-refractivity contribution >= 4 is 12.0 Å². The molecule has 0 radical (unpaired) electrons. The maximum absolute atomic E-state index is 11.7. The van der Waals surface area contributed by atoms with Crippen molar-refractivity contribution < 1.29 is 14.6 Å². The van der Waals surface area contributed by atoms with E-state index in [9.17, 15) is 4.79 Å². The van der Waals surface area contributed by atoms with E-state index in [0.717, 1.165) is 11.3 Å². The minimum Gasteiger partial charge on any atom is -0.497 e. The SMILES string of the molecule is COc1ccc(/C=C/C(=O)NC(C)C(C)CO)cc1. The Kier molecular flexibility index (Phi) is 6.09. The lowest BCUT2D eigenvalue weighted by molar-refractivity contribution is -0.117. The van der Waals surface area contributed by atoms with E-state index in [1.165, 1.54) is 6.08 Å². The minimum absolute atomic E-state index is 0.0401. The number of ether oxygens (including phenoxy) is 1. The Morgan fingerprint density at radius 3 is 2.53 bits per heavy atom. The van der Waals surface area contributed by atoms with E-state index >= 15 is 0 Å². The second-order valence-electron chi connectivity index (χ2n) is 4.56. The number of hydrogen-bond donors (Lipinski definition) is 2. The fourth-order valence-electron chi connectivity index (χ4n) is 1.46. The third kappa shape index (κ3) is 5.14. The van der Waals surface area contributed by atoms with Gasteiger partial charge in [-0.25, -0.2) is 0 Å². The minimum atomic E-state index is -0.163. The van der Waals surface area contributed by atoms with Crippen LogP contribution in [0.1, 0.15) is 19.4 Å². The summed E-state index contributed by atoms with van der Waals surface area (Å²) in [5.41, 5.74) is 0.929. The van der Waals surface area contributed by atoms with Gasteiger partial charge in [0.2, 0.25) is 5.91 Å². The number of methoxy groups -OCH3 is 1. The van der Waals surface area contributed by atoms with Gasteiger partial charge < -0.3 is 15.2 Å². The van der Waals surface area contributed by atoms with Crippen LogP contribution in [0.3, 0.4) is 0 Å². The van der Waals surface area contributed by atoms with Gasteiger partial charge in [-0.15, -0.1) is 0 Å². The Hall–Kier alpha value is -1.81. The van der Waals surface area contributed by atoms with Crippen LogP contribution in [0.5, 0.6) is 5.75 Å². The molecule has 0 fully saturated rings. The molecule has 2 N–H and O–H groups in total. The summed E-state index contributed by atoms with van der Waals surface area (Å²) in [5.74, 6) is 0.661. The molecule has 0 bridgehead atoms. The predicted molar refractivity (Wildman–Crippen MR) is 75.9 cm³/mol. The van der Waals surface area contributed by atoms with Gasteiger partial charge in [0.15, 0.2) is 0 Å². The summed E-state index contributed by atoms with van der Waals surface area (Å²) in [6, 6.07) is 7.38. The van der Waals surface area contributed by atoms with Crippen LogP contribution < -0.4 is 10.1 Å². The molecule has 4 nitrogen and oxygen atoms in total. The van der Waals surface area contributed by atoms with E-state index in [1.54, 1.807) is 13.2 Å². The number of benzene rings is 1. The van der Waals surface area contributed by atoms with Gasteiger partial charge in [0.05, 0.1) is 7.11 Å². The second-order valence-corrected chi connectivity index (χ2v) is 4.56. The van der Waals surface area contributed by atoms with Crippen LogP contribution in [0, 0.1) is 5.92 Å². The molecule has 0 aliphatic heterocycles. The van der Waals surface area contributed by atoms with Crippen molar-refractivity contribution in [1.82, 2.24) is 5.32 Å². The number of aliphatic hydroxyl groups is 1. The topological polar surface area (TPSA) is 58.6 Å². The zero-order valence-electron chi connectivity index (χ0n) is 11.6. The van der Waals surface area contributed by atoms with Crippen molar-refractivity contribution in [3.05, 3.63) is 35.9 Å². The number of hydrogen-bond acceptors (Lipinski definition) is 3. The first-order valence-electron chi connectivity index (χ1n) is 6.30. The second kappa shape index (κ2) is 7.59. The first-order chi connectivity index (χ1) is 9.06. The van der Waals surface area contributed by atoms with Gasteiger partial charge >= 0.3 is 0 Å². The lowest BCUT2D eigenvalue weighted by atomic mass is 10.1. The quantitative estimate of drug-likeness (QED) is 0.770. The molecule has 0 aromatic heterocycles. The summed E-state index contributed by atoms with van der Waals surface area (Å²) in [5, 5.41) is 11.8. The molecule has 2 atom stereocenters. The van der Waals surface area contributed by atoms with E-state index < -0.39 is 0 Å². The molecule has 0 heterocycles. The van der Waals surface area contributed by atoms with E-state index in [1.807, 2.05) is 38.1 Å². The molecule has 104 valence electrons. The van der Waals surface area contributed by atoms with Gasteiger partial charge in [-0.1, -0.05) is 19.1 Å². The monoisotopic (exact) mass is 263 g/mol. The van der Waals surface area contributed by atoms with E-state index in [4.69, 9.17) is 9.84 Å². The first kappa shape index (κ1) is 15.2. The Balaban J connectivity index is 2.53. The van der Waals surface area contributed by atoms with Crippen molar-refractivity contribution in [2.45, 2.75) is 19.9 Å². The molecule has 1 rings (SSSR count). The third-order valence-electron chi connectivity index (χ3n) is 3.05. The van der Waals surface area contributed by atoms with Gasteiger partial charge in [-0.3, -0.25) is 4.79 Å². The van der Waals surface area contributed by atoms with Crippen LogP contribution in [0.4, 0.5) is 0 Å². The van der Waals surface area contributed by atoms with Gasteiger partial charge in [0.1, 0.15) is 5.75 Å². The summed E-state index contributed by atoms with van der Waals surface area (Å²) >= 11 is 0. The van der Waals surface area contributed by atoms with Gasteiger partial charge in [-0.2, -0.15) is 0 Å². The van der Waals surface area contributed by atoms with Crippen LogP contribution >= 0.6 is 0 Å². The Morgan fingerprint density at radius 1 is 1.37 bits per heavy atom. The average Bonchev–Trinajstić information content (AvgIpc) is 2.44. The van der Waals surface area contributed by atoms with Crippen LogP contribution in [0.25, 0.3) is 6.08 Å².